The summed E-state index contributed by atoms with van der Waals surface area (Å²) in [5.41, 5.74) is 1.28. The lowest BCUT2D eigenvalue weighted by Crippen LogP contribution is -2.13. The number of ether oxygens (including phenoxy) is 1. The molecule has 102 valence electrons. The SMILES string of the molecule is COCc1ccccc1NS(=O)(=O)c1ccc(Cl)s1. The van der Waals surface area contributed by atoms with Crippen LogP contribution in [0.5, 0.6) is 0 Å². The van der Waals surface area contributed by atoms with E-state index in [1.165, 1.54) is 6.07 Å². The highest BCUT2D eigenvalue weighted by Gasteiger charge is 2.17. The molecule has 0 radical (unpaired) electrons. The predicted octanol–water partition coefficient (Wildman–Crippen LogP) is 3.35. The van der Waals surface area contributed by atoms with Gasteiger partial charge in [-0.1, -0.05) is 29.8 Å². The molecule has 1 aromatic heterocycles. The number of methoxy groups -OCH3 is 1. The number of halogens is 1. The first kappa shape index (κ1) is 14.3. The molecule has 1 N–H and O–H groups in total. The summed E-state index contributed by atoms with van der Waals surface area (Å²) in [7, 11) is -2.04. The molecule has 7 heteroatoms. The Morgan fingerprint density at radius 1 is 1.26 bits per heavy atom. The Labute approximate surface area is 121 Å². The van der Waals surface area contributed by atoms with Gasteiger partial charge in [-0.2, -0.15) is 0 Å². The molecule has 0 aliphatic heterocycles. The Hall–Kier alpha value is -1.08. The van der Waals surface area contributed by atoms with Crippen LogP contribution >= 0.6 is 22.9 Å². The molecular weight excluding hydrogens is 306 g/mol. The minimum absolute atomic E-state index is 0.185. The molecular formula is C12H12ClNO3S2. The monoisotopic (exact) mass is 317 g/mol. The van der Waals surface area contributed by atoms with Crippen molar-refractivity contribution in [3.63, 3.8) is 0 Å². The van der Waals surface area contributed by atoms with Crippen LogP contribution < -0.4 is 4.72 Å². The molecule has 1 aromatic carbocycles. The van der Waals surface area contributed by atoms with Crippen molar-refractivity contribution in [3.8, 4) is 0 Å². The van der Waals surface area contributed by atoms with Crippen LogP contribution in [0.1, 0.15) is 5.56 Å². The average Bonchev–Trinajstić information content (AvgIpc) is 2.79. The summed E-state index contributed by atoms with van der Waals surface area (Å²) in [6.07, 6.45) is 0. The molecule has 2 aromatic rings. The Morgan fingerprint density at radius 2 is 2.00 bits per heavy atom. The maximum Gasteiger partial charge on any atom is 0.271 e. The highest BCUT2D eigenvalue weighted by Crippen LogP contribution is 2.28. The zero-order valence-corrected chi connectivity index (χ0v) is 12.5. The Morgan fingerprint density at radius 3 is 2.63 bits per heavy atom. The van der Waals surface area contributed by atoms with Gasteiger partial charge in [-0.15, -0.1) is 11.3 Å². The quantitative estimate of drug-likeness (QED) is 0.920. The van der Waals surface area contributed by atoms with Crippen LogP contribution in [0.4, 0.5) is 5.69 Å². The van der Waals surface area contributed by atoms with E-state index in [4.69, 9.17) is 16.3 Å². The zero-order chi connectivity index (χ0) is 13.9. The van der Waals surface area contributed by atoms with E-state index in [0.29, 0.717) is 16.6 Å². The van der Waals surface area contributed by atoms with E-state index in [9.17, 15) is 8.42 Å². The van der Waals surface area contributed by atoms with Gasteiger partial charge in [0.25, 0.3) is 10.0 Å². The fourth-order valence-corrected chi connectivity index (χ4v) is 4.12. The van der Waals surface area contributed by atoms with Crippen LogP contribution in [0.15, 0.2) is 40.6 Å². The molecule has 0 amide bonds. The van der Waals surface area contributed by atoms with E-state index in [2.05, 4.69) is 4.72 Å². The van der Waals surface area contributed by atoms with Crippen LogP contribution in [0.2, 0.25) is 4.34 Å². The maximum atomic E-state index is 12.2. The highest BCUT2D eigenvalue weighted by atomic mass is 35.5. The summed E-state index contributed by atoms with van der Waals surface area (Å²) in [6.45, 7) is 0.337. The molecule has 0 bridgehead atoms. The molecule has 19 heavy (non-hydrogen) atoms. The number of rotatable bonds is 5. The van der Waals surface area contributed by atoms with Crippen LogP contribution in [0.25, 0.3) is 0 Å². The number of para-hydroxylation sites is 1. The Bertz CT molecular complexity index is 667. The fourth-order valence-electron chi connectivity index (χ4n) is 1.54. The molecule has 0 aliphatic carbocycles. The van der Waals surface area contributed by atoms with E-state index in [0.717, 1.165) is 16.9 Å². The van der Waals surface area contributed by atoms with E-state index >= 15 is 0 Å². The second kappa shape index (κ2) is 5.92. The van der Waals surface area contributed by atoms with Gasteiger partial charge < -0.3 is 4.74 Å². The number of anilines is 1. The molecule has 0 aliphatic rings. The second-order valence-electron chi connectivity index (χ2n) is 3.75. The Kier molecular flexibility index (Phi) is 4.46. The molecule has 0 fully saturated rings. The number of hydrogen-bond donors (Lipinski definition) is 1. The smallest absolute Gasteiger partial charge is 0.271 e. The largest absolute Gasteiger partial charge is 0.380 e. The van der Waals surface area contributed by atoms with Crippen LogP contribution in [0.3, 0.4) is 0 Å². The van der Waals surface area contributed by atoms with Crippen LogP contribution in [0, 0.1) is 0 Å². The third-order valence-corrected chi connectivity index (χ3v) is 5.46. The summed E-state index contributed by atoms with van der Waals surface area (Å²) in [6, 6.07) is 10.1. The van der Waals surface area contributed by atoms with Crippen molar-refractivity contribution in [1.29, 1.82) is 0 Å². The third kappa shape index (κ3) is 3.48. The van der Waals surface area contributed by atoms with Gasteiger partial charge in [-0.3, -0.25) is 4.72 Å². The van der Waals surface area contributed by atoms with Crippen molar-refractivity contribution in [2.45, 2.75) is 10.8 Å². The first-order valence-electron chi connectivity index (χ1n) is 5.38. The van der Waals surface area contributed by atoms with Gasteiger partial charge in [0.15, 0.2) is 0 Å². The van der Waals surface area contributed by atoms with Gasteiger partial charge in [0.1, 0.15) is 4.21 Å². The van der Waals surface area contributed by atoms with Gasteiger partial charge in [-0.25, -0.2) is 8.42 Å². The fraction of sp³-hybridized carbons (Fsp3) is 0.167. The zero-order valence-electron chi connectivity index (χ0n) is 10.1. The first-order valence-corrected chi connectivity index (χ1v) is 8.05. The first-order chi connectivity index (χ1) is 9.03. The van der Waals surface area contributed by atoms with E-state index < -0.39 is 10.0 Å². The summed E-state index contributed by atoms with van der Waals surface area (Å²) in [5.74, 6) is 0. The molecule has 0 unspecified atom stereocenters. The highest BCUT2D eigenvalue weighted by molar-refractivity contribution is 7.94. The van der Waals surface area contributed by atoms with Crippen molar-refractivity contribution in [2.75, 3.05) is 11.8 Å². The number of nitrogens with one attached hydrogen (secondary N) is 1. The third-order valence-electron chi connectivity index (χ3n) is 2.37. The lowest BCUT2D eigenvalue weighted by atomic mass is 10.2. The lowest BCUT2D eigenvalue weighted by Gasteiger charge is -2.10. The number of thiophene rings is 1. The molecule has 4 nitrogen and oxygen atoms in total. The molecule has 0 atom stereocenters. The minimum Gasteiger partial charge on any atom is -0.380 e. The van der Waals surface area contributed by atoms with Crippen molar-refractivity contribution in [3.05, 3.63) is 46.3 Å². The summed E-state index contributed by atoms with van der Waals surface area (Å²) >= 11 is 6.77. The minimum atomic E-state index is -3.60. The van der Waals surface area contributed by atoms with Crippen molar-refractivity contribution in [2.24, 2.45) is 0 Å². The number of hydrogen-bond acceptors (Lipinski definition) is 4. The molecule has 0 spiro atoms. The Balaban J connectivity index is 2.30. The van der Waals surface area contributed by atoms with Crippen LogP contribution in [-0.4, -0.2) is 15.5 Å². The summed E-state index contributed by atoms with van der Waals surface area (Å²) in [5, 5.41) is 0. The normalized spacial score (nSPS) is 11.5. The average molecular weight is 318 g/mol. The summed E-state index contributed by atoms with van der Waals surface area (Å²) < 4.78 is 32.5. The van der Waals surface area contributed by atoms with Crippen LogP contribution in [-0.2, 0) is 21.4 Å². The van der Waals surface area contributed by atoms with Crippen molar-refractivity contribution < 1.29 is 13.2 Å². The summed E-state index contributed by atoms with van der Waals surface area (Å²) in [4.78, 5) is 0. The molecule has 0 saturated heterocycles. The van der Waals surface area contributed by atoms with Gasteiger partial charge in [0, 0.05) is 12.7 Å². The van der Waals surface area contributed by atoms with E-state index in [-0.39, 0.29) is 4.21 Å². The van der Waals surface area contributed by atoms with Gasteiger partial charge >= 0.3 is 0 Å². The number of benzene rings is 1. The van der Waals surface area contributed by atoms with Crippen molar-refractivity contribution in [1.82, 2.24) is 0 Å². The van der Waals surface area contributed by atoms with Gasteiger partial charge in [0.2, 0.25) is 0 Å². The lowest BCUT2D eigenvalue weighted by molar-refractivity contribution is 0.185. The standard InChI is InChI=1S/C12H12ClNO3S2/c1-17-8-9-4-2-3-5-10(9)14-19(15,16)12-7-6-11(13)18-12/h2-7,14H,8H2,1H3. The van der Waals surface area contributed by atoms with Crippen molar-refractivity contribution >= 4 is 38.6 Å². The topological polar surface area (TPSA) is 55.4 Å². The van der Waals surface area contributed by atoms with Gasteiger partial charge in [0.05, 0.1) is 16.6 Å². The molecule has 2 rings (SSSR count). The maximum absolute atomic E-state index is 12.2. The number of sulfonamides is 1. The second-order valence-corrected chi connectivity index (χ2v) is 7.38. The predicted molar refractivity (Wildman–Crippen MR) is 77.3 cm³/mol. The van der Waals surface area contributed by atoms with E-state index in [1.807, 2.05) is 12.1 Å². The molecule has 1 heterocycles. The van der Waals surface area contributed by atoms with E-state index in [1.54, 1.807) is 25.3 Å². The molecule has 0 saturated carbocycles. The van der Waals surface area contributed by atoms with Gasteiger partial charge in [-0.05, 0) is 18.2 Å².